The van der Waals surface area contributed by atoms with Crippen molar-refractivity contribution in [3.8, 4) is 17.2 Å². The van der Waals surface area contributed by atoms with E-state index in [1.165, 1.54) is 22.2 Å². The van der Waals surface area contributed by atoms with Crippen molar-refractivity contribution in [2.75, 3.05) is 27.4 Å². The number of thiocarbonyl (C=S) groups is 1. The quantitative estimate of drug-likeness (QED) is 0.274. The Balaban J connectivity index is 1.65. The zero-order valence-electron chi connectivity index (χ0n) is 16.9. The van der Waals surface area contributed by atoms with E-state index in [1.54, 1.807) is 20.2 Å². The Morgan fingerprint density at radius 1 is 1.17 bits per heavy atom. The molecule has 0 radical (unpaired) electrons. The third-order valence-electron chi connectivity index (χ3n) is 4.47. The number of methoxy groups -OCH3 is 1. The summed E-state index contributed by atoms with van der Waals surface area (Å²) >= 11 is 9.99. The van der Waals surface area contributed by atoms with E-state index in [-0.39, 0.29) is 5.91 Å². The van der Waals surface area contributed by atoms with Crippen molar-refractivity contribution in [1.29, 1.82) is 0 Å². The number of hydrogen-bond acceptors (Lipinski definition) is 6. The lowest BCUT2D eigenvalue weighted by Crippen LogP contribution is -2.22. The highest BCUT2D eigenvalue weighted by molar-refractivity contribution is 9.10. The van der Waals surface area contributed by atoms with Crippen LogP contribution in [0.25, 0.3) is 6.08 Å². The summed E-state index contributed by atoms with van der Waals surface area (Å²) in [6.07, 6.45) is 2.79. The summed E-state index contributed by atoms with van der Waals surface area (Å²) in [4.78, 5) is 14.3. The molecule has 1 saturated heterocycles. The number of nitrogens with zero attached hydrogens (tertiary/aromatic N) is 1. The highest BCUT2D eigenvalue weighted by atomic mass is 79.9. The number of ether oxygens (including phenoxy) is 3. The molecule has 30 heavy (non-hydrogen) atoms. The third-order valence-corrected chi connectivity index (χ3v) is 6.54. The van der Waals surface area contributed by atoms with E-state index < -0.39 is 0 Å². The summed E-state index contributed by atoms with van der Waals surface area (Å²) in [6.45, 7) is 2.88. The number of carbonyl (C=O) groups is 1. The van der Waals surface area contributed by atoms with Crippen molar-refractivity contribution in [1.82, 2.24) is 4.90 Å². The zero-order chi connectivity index (χ0) is 21.7. The predicted molar refractivity (Wildman–Crippen MR) is 128 cm³/mol. The Bertz CT molecular complexity index is 976. The molecule has 2 aromatic carbocycles. The topological polar surface area (TPSA) is 48.0 Å². The molecule has 2 aromatic rings. The van der Waals surface area contributed by atoms with Gasteiger partial charge in [0.2, 0.25) is 0 Å². The number of likely N-dealkylation sites (N-methyl/N-ethyl adjacent to an activating group) is 1. The van der Waals surface area contributed by atoms with Crippen LogP contribution in [-0.4, -0.2) is 42.5 Å². The van der Waals surface area contributed by atoms with Gasteiger partial charge in [-0.15, -0.1) is 0 Å². The first-order valence-corrected chi connectivity index (χ1v) is 11.4. The molecule has 0 aromatic heterocycles. The van der Waals surface area contributed by atoms with Gasteiger partial charge in [-0.2, -0.15) is 0 Å². The van der Waals surface area contributed by atoms with Gasteiger partial charge in [0.1, 0.15) is 23.3 Å². The van der Waals surface area contributed by atoms with Crippen molar-refractivity contribution in [3.63, 3.8) is 0 Å². The molecule has 0 N–H and O–H groups in total. The minimum absolute atomic E-state index is 0.107. The lowest BCUT2D eigenvalue weighted by molar-refractivity contribution is -0.121. The summed E-state index contributed by atoms with van der Waals surface area (Å²) < 4.78 is 18.4. The molecule has 0 unspecified atom stereocenters. The minimum atomic E-state index is -0.107. The van der Waals surface area contributed by atoms with E-state index >= 15 is 0 Å². The molecule has 3 rings (SSSR count). The molecular formula is C22H22BrNO4S2. The fourth-order valence-electron chi connectivity index (χ4n) is 2.78. The van der Waals surface area contributed by atoms with Crippen LogP contribution in [0, 0.1) is 0 Å². The van der Waals surface area contributed by atoms with Crippen LogP contribution in [0.5, 0.6) is 17.2 Å². The number of aryl methyl sites for hydroxylation is 1. The second-order valence-corrected chi connectivity index (χ2v) is 9.00. The van der Waals surface area contributed by atoms with Gasteiger partial charge in [-0.25, -0.2) is 0 Å². The molecule has 0 saturated carbocycles. The molecule has 0 bridgehead atoms. The summed E-state index contributed by atoms with van der Waals surface area (Å²) in [7, 11) is 3.25. The third kappa shape index (κ3) is 5.36. The van der Waals surface area contributed by atoms with Crippen LogP contribution < -0.4 is 14.2 Å². The number of hydrogen-bond donors (Lipinski definition) is 0. The van der Waals surface area contributed by atoms with E-state index in [0.29, 0.717) is 33.9 Å². The van der Waals surface area contributed by atoms with Gasteiger partial charge in [0.05, 0.1) is 16.5 Å². The first-order valence-electron chi connectivity index (χ1n) is 9.36. The number of amides is 1. The molecule has 1 amide bonds. The number of benzene rings is 2. The Labute approximate surface area is 194 Å². The SMILES string of the molecule is CCc1ccc(OCCOc2c(Br)cc(/C=C3\SC(=S)N(C)C3=O)cc2OC)cc1. The first-order chi connectivity index (χ1) is 14.4. The Morgan fingerprint density at radius 2 is 1.87 bits per heavy atom. The molecule has 0 spiro atoms. The highest BCUT2D eigenvalue weighted by Gasteiger charge is 2.28. The van der Waals surface area contributed by atoms with Crippen LogP contribution >= 0.6 is 39.9 Å². The molecule has 1 fully saturated rings. The van der Waals surface area contributed by atoms with Crippen molar-refractivity contribution in [3.05, 3.63) is 56.9 Å². The average molecular weight is 508 g/mol. The molecule has 1 aliphatic rings. The molecule has 8 heteroatoms. The maximum Gasteiger partial charge on any atom is 0.265 e. The summed E-state index contributed by atoms with van der Waals surface area (Å²) in [5.41, 5.74) is 2.08. The zero-order valence-corrected chi connectivity index (χ0v) is 20.2. The number of rotatable bonds is 8. The van der Waals surface area contributed by atoms with Gasteiger partial charge in [0, 0.05) is 7.05 Å². The van der Waals surface area contributed by atoms with Gasteiger partial charge in [0.25, 0.3) is 5.91 Å². The molecular weight excluding hydrogens is 486 g/mol. The van der Waals surface area contributed by atoms with Crippen LogP contribution in [0.2, 0.25) is 0 Å². The van der Waals surface area contributed by atoms with E-state index in [4.69, 9.17) is 26.4 Å². The molecule has 0 aliphatic carbocycles. The van der Waals surface area contributed by atoms with E-state index in [2.05, 4.69) is 35.0 Å². The molecule has 158 valence electrons. The summed E-state index contributed by atoms with van der Waals surface area (Å²) in [6, 6.07) is 11.7. The second kappa shape index (κ2) is 10.3. The average Bonchev–Trinajstić information content (AvgIpc) is 2.98. The lowest BCUT2D eigenvalue weighted by atomic mass is 10.2. The van der Waals surface area contributed by atoms with Gasteiger partial charge in [-0.3, -0.25) is 9.69 Å². The maximum atomic E-state index is 12.2. The van der Waals surface area contributed by atoms with Crippen LogP contribution in [0.4, 0.5) is 0 Å². The van der Waals surface area contributed by atoms with E-state index in [9.17, 15) is 4.79 Å². The van der Waals surface area contributed by atoms with Crippen LogP contribution in [0.1, 0.15) is 18.1 Å². The van der Waals surface area contributed by atoms with E-state index in [0.717, 1.165) is 22.2 Å². The fraction of sp³-hybridized carbons (Fsp3) is 0.273. The summed E-state index contributed by atoms with van der Waals surface area (Å²) in [5.74, 6) is 1.85. The van der Waals surface area contributed by atoms with Gasteiger partial charge >= 0.3 is 0 Å². The van der Waals surface area contributed by atoms with Crippen LogP contribution in [0.3, 0.4) is 0 Å². The van der Waals surface area contributed by atoms with Crippen LogP contribution in [-0.2, 0) is 11.2 Å². The number of halogens is 1. The fourth-order valence-corrected chi connectivity index (χ4v) is 4.54. The number of carbonyl (C=O) groups excluding carboxylic acids is 1. The predicted octanol–water partition coefficient (Wildman–Crippen LogP) is 5.31. The standard InChI is InChI=1S/C22H22BrNO4S2/c1-4-14-5-7-16(8-6-14)27-9-10-28-20-17(23)11-15(12-18(20)26-3)13-19-21(25)24(2)22(29)30-19/h5-8,11-13H,4,9-10H2,1-3H3/b19-13-. The summed E-state index contributed by atoms with van der Waals surface area (Å²) in [5, 5.41) is 0. The normalized spacial score (nSPS) is 15.1. The van der Waals surface area contributed by atoms with Crippen molar-refractivity contribution >= 4 is 56.2 Å². The smallest absolute Gasteiger partial charge is 0.265 e. The number of thioether (sulfide) groups is 1. The monoisotopic (exact) mass is 507 g/mol. The lowest BCUT2D eigenvalue weighted by Gasteiger charge is -2.14. The Kier molecular flexibility index (Phi) is 7.80. The van der Waals surface area contributed by atoms with Crippen LogP contribution in [0.15, 0.2) is 45.8 Å². The molecule has 1 heterocycles. The largest absolute Gasteiger partial charge is 0.493 e. The van der Waals surface area contributed by atoms with Gasteiger partial charge < -0.3 is 14.2 Å². The minimum Gasteiger partial charge on any atom is -0.493 e. The van der Waals surface area contributed by atoms with E-state index in [1.807, 2.05) is 24.3 Å². The molecule has 5 nitrogen and oxygen atoms in total. The van der Waals surface area contributed by atoms with Gasteiger partial charge in [0.15, 0.2) is 11.5 Å². The Morgan fingerprint density at radius 3 is 2.47 bits per heavy atom. The molecule has 1 aliphatic heterocycles. The van der Waals surface area contributed by atoms with Crippen molar-refractivity contribution < 1.29 is 19.0 Å². The Hall–Kier alpha value is -2.03. The van der Waals surface area contributed by atoms with Gasteiger partial charge in [-0.05, 0) is 63.8 Å². The van der Waals surface area contributed by atoms with Gasteiger partial charge in [-0.1, -0.05) is 43.0 Å². The van der Waals surface area contributed by atoms with Crippen molar-refractivity contribution in [2.45, 2.75) is 13.3 Å². The maximum absolute atomic E-state index is 12.2. The van der Waals surface area contributed by atoms with Crippen molar-refractivity contribution in [2.24, 2.45) is 0 Å². The molecule has 0 atom stereocenters. The second-order valence-electron chi connectivity index (χ2n) is 6.47. The first kappa shape index (κ1) is 22.7. The highest BCUT2D eigenvalue weighted by Crippen LogP contribution is 2.39.